The minimum Gasteiger partial charge on any atom is -0.327 e. The third-order valence-electron chi connectivity index (χ3n) is 3.57. The average Bonchev–Trinajstić information content (AvgIpc) is 2.24. The van der Waals surface area contributed by atoms with Crippen molar-refractivity contribution in [2.45, 2.75) is 39.3 Å². The van der Waals surface area contributed by atoms with Gasteiger partial charge in [0.15, 0.2) is 0 Å². The second-order valence-corrected chi connectivity index (χ2v) is 5.01. The molecule has 2 rings (SSSR count). The van der Waals surface area contributed by atoms with Crippen LogP contribution in [0.4, 0.5) is 0 Å². The molecule has 1 saturated heterocycles. The van der Waals surface area contributed by atoms with E-state index < -0.39 is 0 Å². The Bertz CT molecular complexity index is 345. The smallest absolute Gasteiger partial charge is 0.0239 e. The SMILES string of the molecule is Cc1cccc(C)c1CN1CCCC(N)C1.Cl. The Labute approximate surface area is 111 Å². The maximum atomic E-state index is 6.01. The third kappa shape index (κ3) is 3.70. The van der Waals surface area contributed by atoms with Crippen LogP contribution in [0.15, 0.2) is 18.2 Å². The van der Waals surface area contributed by atoms with E-state index in [-0.39, 0.29) is 12.4 Å². The van der Waals surface area contributed by atoms with Crippen molar-refractivity contribution in [1.29, 1.82) is 0 Å². The fourth-order valence-corrected chi connectivity index (χ4v) is 2.56. The van der Waals surface area contributed by atoms with Crippen molar-refractivity contribution >= 4 is 12.4 Å². The number of halogens is 1. The Kier molecular flexibility index (Phi) is 5.44. The van der Waals surface area contributed by atoms with Crippen LogP contribution in [-0.2, 0) is 6.54 Å². The van der Waals surface area contributed by atoms with E-state index in [1.165, 1.54) is 36.1 Å². The Morgan fingerprint density at radius 2 is 1.94 bits per heavy atom. The summed E-state index contributed by atoms with van der Waals surface area (Å²) < 4.78 is 0. The van der Waals surface area contributed by atoms with Gasteiger partial charge in [0, 0.05) is 19.1 Å². The summed E-state index contributed by atoms with van der Waals surface area (Å²) in [4.78, 5) is 2.49. The van der Waals surface area contributed by atoms with E-state index >= 15 is 0 Å². The first-order valence-electron chi connectivity index (χ1n) is 6.20. The summed E-state index contributed by atoms with van der Waals surface area (Å²) >= 11 is 0. The van der Waals surface area contributed by atoms with Crippen LogP contribution < -0.4 is 5.73 Å². The standard InChI is InChI=1S/C14H22N2.ClH/c1-11-5-3-6-12(2)14(11)10-16-8-4-7-13(15)9-16;/h3,5-6,13H,4,7-10,15H2,1-2H3;1H. The van der Waals surface area contributed by atoms with E-state index in [0.29, 0.717) is 6.04 Å². The number of hydrogen-bond acceptors (Lipinski definition) is 2. The molecule has 1 aliphatic rings. The zero-order valence-electron chi connectivity index (χ0n) is 10.8. The summed E-state index contributed by atoms with van der Waals surface area (Å²) in [5.41, 5.74) is 10.3. The molecule has 0 bridgehead atoms. The second-order valence-electron chi connectivity index (χ2n) is 5.01. The number of aryl methyl sites for hydroxylation is 2. The van der Waals surface area contributed by atoms with Crippen LogP contribution in [0.5, 0.6) is 0 Å². The lowest BCUT2D eigenvalue weighted by atomic mass is 10.0. The summed E-state index contributed by atoms with van der Waals surface area (Å²) in [6.07, 6.45) is 2.43. The van der Waals surface area contributed by atoms with Gasteiger partial charge < -0.3 is 5.73 Å². The van der Waals surface area contributed by atoms with Crippen molar-refractivity contribution in [3.05, 3.63) is 34.9 Å². The molecule has 0 amide bonds. The molecule has 3 heteroatoms. The van der Waals surface area contributed by atoms with E-state index in [1.54, 1.807) is 0 Å². The van der Waals surface area contributed by atoms with Gasteiger partial charge in [0.1, 0.15) is 0 Å². The van der Waals surface area contributed by atoms with Crippen LogP contribution >= 0.6 is 12.4 Å². The van der Waals surface area contributed by atoms with Gasteiger partial charge in [-0.25, -0.2) is 0 Å². The minimum absolute atomic E-state index is 0. The van der Waals surface area contributed by atoms with Crippen molar-refractivity contribution in [3.8, 4) is 0 Å². The number of hydrogen-bond donors (Lipinski definition) is 1. The third-order valence-corrected chi connectivity index (χ3v) is 3.57. The molecule has 1 unspecified atom stereocenters. The molecule has 0 aliphatic carbocycles. The van der Waals surface area contributed by atoms with Crippen LogP contribution in [-0.4, -0.2) is 24.0 Å². The van der Waals surface area contributed by atoms with Crippen molar-refractivity contribution in [1.82, 2.24) is 4.90 Å². The highest BCUT2D eigenvalue weighted by Gasteiger charge is 2.17. The van der Waals surface area contributed by atoms with Gasteiger partial charge in [-0.3, -0.25) is 4.90 Å². The van der Waals surface area contributed by atoms with Gasteiger partial charge in [0.2, 0.25) is 0 Å². The zero-order valence-corrected chi connectivity index (χ0v) is 11.6. The first-order valence-corrected chi connectivity index (χ1v) is 6.20. The predicted octanol–water partition coefficient (Wildman–Crippen LogP) is 2.65. The normalized spacial score (nSPS) is 21.0. The summed E-state index contributed by atoms with van der Waals surface area (Å²) in [6.45, 7) is 7.71. The summed E-state index contributed by atoms with van der Waals surface area (Å²) in [7, 11) is 0. The number of benzene rings is 1. The van der Waals surface area contributed by atoms with E-state index in [2.05, 4.69) is 36.9 Å². The molecule has 1 atom stereocenters. The van der Waals surface area contributed by atoms with E-state index in [1.807, 2.05) is 0 Å². The Balaban J connectivity index is 0.00000144. The molecule has 96 valence electrons. The van der Waals surface area contributed by atoms with Crippen molar-refractivity contribution in [2.24, 2.45) is 5.73 Å². The molecule has 1 aliphatic heterocycles. The molecule has 0 radical (unpaired) electrons. The molecule has 1 heterocycles. The number of piperidine rings is 1. The molecule has 0 saturated carbocycles. The molecule has 2 N–H and O–H groups in total. The second kappa shape index (κ2) is 6.39. The number of rotatable bonds is 2. The average molecular weight is 255 g/mol. The lowest BCUT2D eigenvalue weighted by molar-refractivity contribution is 0.201. The van der Waals surface area contributed by atoms with Gasteiger partial charge in [-0.1, -0.05) is 18.2 Å². The lowest BCUT2D eigenvalue weighted by Crippen LogP contribution is -2.42. The molecule has 0 aromatic heterocycles. The molecule has 1 aromatic rings. The molecule has 17 heavy (non-hydrogen) atoms. The molecule has 1 aromatic carbocycles. The Morgan fingerprint density at radius 3 is 2.53 bits per heavy atom. The van der Waals surface area contributed by atoms with Gasteiger partial charge in [0.25, 0.3) is 0 Å². The maximum Gasteiger partial charge on any atom is 0.0239 e. The van der Waals surface area contributed by atoms with Crippen LogP contribution in [0.2, 0.25) is 0 Å². The summed E-state index contributed by atoms with van der Waals surface area (Å²) in [6, 6.07) is 6.91. The first kappa shape index (κ1) is 14.5. The zero-order chi connectivity index (χ0) is 11.5. The molecule has 2 nitrogen and oxygen atoms in total. The largest absolute Gasteiger partial charge is 0.327 e. The van der Waals surface area contributed by atoms with E-state index in [4.69, 9.17) is 5.73 Å². The quantitative estimate of drug-likeness (QED) is 0.879. The first-order chi connectivity index (χ1) is 7.66. The van der Waals surface area contributed by atoms with Crippen molar-refractivity contribution in [2.75, 3.05) is 13.1 Å². The maximum absolute atomic E-state index is 6.01. The van der Waals surface area contributed by atoms with Crippen LogP contribution in [0.25, 0.3) is 0 Å². The molecule has 1 fully saturated rings. The Morgan fingerprint density at radius 1 is 1.29 bits per heavy atom. The fraction of sp³-hybridized carbons (Fsp3) is 0.571. The van der Waals surface area contributed by atoms with Crippen molar-refractivity contribution < 1.29 is 0 Å². The minimum atomic E-state index is 0. The van der Waals surface area contributed by atoms with Gasteiger partial charge in [0.05, 0.1) is 0 Å². The van der Waals surface area contributed by atoms with E-state index in [0.717, 1.165) is 13.1 Å². The van der Waals surface area contributed by atoms with Crippen LogP contribution in [0.3, 0.4) is 0 Å². The Hall–Kier alpha value is -0.570. The highest BCUT2D eigenvalue weighted by atomic mass is 35.5. The van der Waals surface area contributed by atoms with Gasteiger partial charge in [-0.15, -0.1) is 12.4 Å². The predicted molar refractivity (Wildman–Crippen MR) is 75.7 cm³/mol. The van der Waals surface area contributed by atoms with Crippen molar-refractivity contribution in [3.63, 3.8) is 0 Å². The highest BCUT2D eigenvalue weighted by Crippen LogP contribution is 2.18. The van der Waals surface area contributed by atoms with Crippen LogP contribution in [0, 0.1) is 13.8 Å². The number of nitrogens with two attached hydrogens (primary N) is 1. The summed E-state index contributed by atoms with van der Waals surface area (Å²) in [5.74, 6) is 0. The van der Waals surface area contributed by atoms with Crippen LogP contribution in [0.1, 0.15) is 29.5 Å². The van der Waals surface area contributed by atoms with E-state index in [9.17, 15) is 0 Å². The van der Waals surface area contributed by atoms with Gasteiger partial charge >= 0.3 is 0 Å². The summed E-state index contributed by atoms with van der Waals surface area (Å²) in [5, 5.41) is 0. The molecular weight excluding hydrogens is 232 g/mol. The topological polar surface area (TPSA) is 29.3 Å². The number of likely N-dealkylation sites (tertiary alicyclic amines) is 1. The number of nitrogens with zero attached hydrogens (tertiary/aromatic N) is 1. The molecule has 0 spiro atoms. The van der Waals surface area contributed by atoms with Gasteiger partial charge in [-0.05, 0) is 49.9 Å². The highest BCUT2D eigenvalue weighted by molar-refractivity contribution is 5.85. The fourth-order valence-electron chi connectivity index (χ4n) is 2.56. The lowest BCUT2D eigenvalue weighted by Gasteiger charge is -2.31. The molecular formula is C14H23ClN2. The van der Waals surface area contributed by atoms with Gasteiger partial charge in [-0.2, -0.15) is 0 Å². The monoisotopic (exact) mass is 254 g/mol.